The van der Waals surface area contributed by atoms with Gasteiger partial charge in [-0.1, -0.05) is 0 Å². The monoisotopic (exact) mass is 301 g/mol. The summed E-state index contributed by atoms with van der Waals surface area (Å²) in [6.45, 7) is 4.48. The fourth-order valence-electron chi connectivity index (χ4n) is 1.87. The fourth-order valence-corrected chi connectivity index (χ4v) is 2.67. The highest BCUT2D eigenvalue weighted by Crippen LogP contribution is 2.24. The molecule has 0 atom stereocenters. The van der Waals surface area contributed by atoms with Crippen LogP contribution in [0.1, 0.15) is 19.5 Å². The first-order chi connectivity index (χ1) is 10.2. The highest BCUT2D eigenvalue weighted by Gasteiger charge is 2.00. The molecule has 0 aliphatic carbocycles. The minimum Gasteiger partial charge on any atom is -0.385 e. The van der Waals surface area contributed by atoms with Crippen LogP contribution in [0.5, 0.6) is 0 Å². The molecule has 0 spiro atoms. The van der Waals surface area contributed by atoms with Crippen LogP contribution in [0.3, 0.4) is 0 Å². The topological polar surface area (TPSA) is 54.0 Å². The highest BCUT2D eigenvalue weighted by atomic mass is 32.2. The average molecular weight is 301 g/mol. The predicted octanol–water partition coefficient (Wildman–Crippen LogP) is 3.76. The van der Waals surface area contributed by atoms with E-state index < -0.39 is 0 Å². The maximum absolute atomic E-state index is 11.0. The maximum Gasteiger partial charge on any atom is 0.221 e. The summed E-state index contributed by atoms with van der Waals surface area (Å²) in [5.41, 5.74) is 2.97. The Hall–Kier alpha value is -2.01. The van der Waals surface area contributed by atoms with Crippen LogP contribution in [0.15, 0.2) is 47.5 Å². The molecule has 1 amide bonds. The Bertz CT molecular complexity index is 599. The molecule has 0 saturated carbocycles. The van der Waals surface area contributed by atoms with Gasteiger partial charge in [-0.15, -0.1) is 11.8 Å². The van der Waals surface area contributed by atoms with Gasteiger partial charge in [0.15, 0.2) is 0 Å². The van der Waals surface area contributed by atoms with Crippen molar-refractivity contribution in [2.75, 3.05) is 17.2 Å². The molecule has 0 unspecified atom stereocenters. The summed E-state index contributed by atoms with van der Waals surface area (Å²) in [6.07, 6.45) is 1.83. The highest BCUT2D eigenvalue weighted by molar-refractivity contribution is 7.98. The number of carbonyl (C=O) groups excluding carboxylic acids is 1. The second kappa shape index (κ2) is 7.69. The van der Waals surface area contributed by atoms with Crippen molar-refractivity contribution in [3.05, 3.63) is 48.3 Å². The third-order valence-corrected chi connectivity index (χ3v) is 3.80. The van der Waals surface area contributed by atoms with E-state index in [2.05, 4.69) is 28.6 Å². The maximum atomic E-state index is 11.0. The zero-order valence-corrected chi connectivity index (χ0v) is 13.0. The Morgan fingerprint density at radius 3 is 2.62 bits per heavy atom. The third-order valence-electron chi connectivity index (χ3n) is 2.76. The van der Waals surface area contributed by atoms with E-state index in [0.717, 1.165) is 34.3 Å². The summed E-state index contributed by atoms with van der Waals surface area (Å²) in [5.74, 6) is 0.762. The van der Waals surface area contributed by atoms with Crippen LogP contribution in [-0.2, 0) is 10.5 Å². The van der Waals surface area contributed by atoms with E-state index in [1.807, 2.05) is 36.5 Å². The number of benzene rings is 1. The molecule has 0 fully saturated rings. The van der Waals surface area contributed by atoms with E-state index >= 15 is 0 Å². The molecule has 4 nitrogen and oxygen atoms in total. The van der Waals surface area contributed by atoms with Gasteiger partial charge in [-0.25, -0.2) is 0 Å². The quantitative estimate of drug-likeness (QED) is 0.798. The number of amides is 1. The molecule has 2 rings (SSSR count). The molecular weight excluding hydrogens is 282 g/mol. The lowest BCUT2D eigenvalue weighted by Crippen LogP contribution is -2.05. The van der Waals surface area contributed by atoms with Gasteiger partial charge in [0.25, 0.3) is 0 Å². The fraction of sp³-hybridized carbons (Fsp3) is 0.250. The molecule has 1 aromatic carbocycles. The number of hydrogen-bond donors (Lipinski definition) is 2. The summed E-state index contributed by atoms with van der Waals surface area (Å²) in [5, 5.41) is 6.04. The van der Waals surface area contributed by atoms with Gasteiger partial charge in [-0.2, -0.15) is 0 Å². The van der Waals surface area contributed by atoms with E-state index in [0.29, 0.717) is 0 Å². The molecule has 5 heteroatoms. The standard InChI is InChI=1S/C16H19N3OS/c1-3-17-14-8-9-18-15(10-14)11-21-16-6-4-13(5-7-16)19-12(2)20/h4-10H,3,11H2,1-2H3,(H,17,18)(H,19,20). The Labute approximate surface area is 129 Å². The number of rotatable bonds is 6. The molecule has 0 radical (unpaired) electrons. The molecule has 0 saturated heterocycles. The Kier molecular flexibility index (Phi) is 5.63. The van der Waals surface area contributed by atoms with Crippen molar-refractivity contribution in [1.29, 1.82) is 0 Å². The van der Waals surface area contributed by atoms with Crippen molar-refractivity contribution in [1.82, 2.24) is 4.98 Å². The van der Waals surface area contributed by atoms with E-state index in [9.17, 15) is 4.79 Å². The summed E-state index contributed by atoms with van der Waals surface area (Å²) in [7, 11) is 0. The van der Waals surface area contributed by atoms with Crippen LogP contribution in [0, 0.1) is 0 Å². The second-order valence-corrected chi connectivity index (χ2v) is 5.61. The van der Waals surface area contributed by atoms with Gasteiger partial charge in [0.1, 0.15) is 0 Å². The summed E-state index contributed by atoms with van der Waals surface area (Å²) in [6, 6.07) is 11.9. The minimum absolute atomic E-state index is 0.0557. The van der Waals surface area contributed by atoms with Gasteiger partial charge in [0.2, 0.25) is 5.91 Å². The first kappa shape index (κ1) is 15.4. The number of hydrogen-bond acceptors (Lipinski definition) is 4. The average Bonchev–Trinajstić information content (AvgIpc) is 2.47. The second-order valence-electron chi connectivity index (χ2n) is 4.56. The molecular formula is C16H19N3OS. The molecule has 1 heterocycles. The molecule has 21 heavy (non-hydrogen) atoms. The first-order valence-electron chi connectivity index (χ1n) is 6.86. The van der Waals surface area contributed by atoms with Gasteiger partial charge in [0.05, 0.1) is 5.69 Å². The van der Waals surface area contributed by atoms with E-state index in [-0.39, 0.29) is 5.91 Å². The van der Waals surface area contributed by atoms with Crippen LogP contribution < -0.4 is 10.6 Å². The summed E-state index contributed by atoms with van der Waals surface area (Å²) >= 11 is 1.72. The zero-order valence-electron chi connectivity index (χ0n) is 12.2. The lowest BCUT2D eigenvalue weighted by atomic mass is 10.3. The molecule has 0 bridgehead atoms. The largest absolute Gasteiger partial charge is 0.385 e. The van der Waals surface area contributed by atoms with Crippen molar-refractivity contribution in [3.63, 3.8) is 0 Å². The lowest BCUT2D eigenvalue weighted by molar-refractivity contribution is -0.114. The van der Waals surface area contributed by atoms with Crippen molar-refractivity contribution in [2.45, 2.75) is 24.5 Å². The number of pyridine rings is 1. The summed E-state index contributed by atoms with van der Waals surface area (Å²) < 4.78 is 0. The zero-order chi connectivity index (χ0) is 15.1. The molecule has 2 N–H and O–H groups in total. The van der Waals surface area contributed by atoms with Crippen LogP contribution in [0.25, 0.3) is 0 Å². The first-order valence-corrected chi connectivity index (χ1v) is 7.85. The van der Waals surface area contributed by atoms with Crippen molar-refractivity contribution < 1.29 is 4.79 Å². The van der Waals surface area contributed by atoms with E-state index in [1.54, 1.807) is 11.8 Å². The molecule has 110 valence electrons. The van der Waals surface area contributed by atoms with Crippen LogP contribution >= 0.6 is 11.8 Å². The number of nitrogens with one attached hydrogen (secondary N) is 2. The van der Waals surface area contributed by atoms with Gasteiger partial charge < -0.3 is 10.6 Å². The van der Waals surface area contributed by atoms with Gasteiger partial charge in [-0.05, 0) is 43.3 Å². The number of carbonyl (C=O) groups is 1. The number of thioether (sulfide) groups is 1. The van der Waals surface area contributed by atoms with Crippen LogP contribution in [-0.4, -0.2) is 17.4 Å². The number of aromatic nitrogens is 1. The third kappa shape index (κ3) is 5.11. The molecule has 2 aromatic rings. The van der Waals surface area contributed by atoms with Gasteiger partial charge >= 0.3 is 0 Å². The Balaban J connectivity index is 1.93. The van der Waals surface area contributed by atoms with Crippen LogP contribution in [0.2, 0.25) is 0 Å². The predicted molar refractivity (Wildman–Crippen MR) is 88.7 cm³/mol. The van der Waals surface area contributed by atoms with Crippen molar-refractivity contribution in [2.24, 2.45) is 0 Å². The SMILES string of the molecule is CCNc1ccnc(CSc2ccc(NC(C)=O)cc2)c1. The van der Waals surface area contributed by atoms with E-state index in [1.165, 1.54) is 6.92 Å². The van der Waals surface area contributed by atoms with Gasteiger partial charge in [0, 0.05) is 41.7 Å². The smallest absolute Gasteiger partial charge is 0.221 e. The van der Waals surface area contributed by atoms with E-state index in [4.69, 9.17) is 0 Å². The Morgan fingerprint density at radius 2 is 1.95 bits per heavy atom. The number of anilines is 2. The molecule has 0 aliphatic heterocycles. The van der Waals surface area contributed by atoms with Crippen molar-refractivity contribution >= 4 is 29.0 Å². The number of nitrogens with zero attached hydrogens (tertiary/aromatic N) is 1. The van der Waals surface area contributed by atoms with Crippen LogP contribution in [0.4, 0.5) is 11.4 Å². The Morgan fingerprint density at radius 1 is 1.19 bits per heavy atom. The molecule has 1 aromatic heterocycles. The van der Waals surface area contributed by atoms with Crippen molar-refractivity contribution in [3.8, 4) is 0 Å². The minimum atomic E-state index is -0.0557. The van der Waals surface area contributed by atoms with Gasteiger partial charge in [-0.3, -0.25) is 9.78 Å². The lowest BCUT2D eigenvalue weighted by Gasteiger charge is -2.06. The summed E-state index contributed by atoms with van der Waals surface area (Å²) in [4.78, 5) is 16.5. The normalized spacial score (nSPS) is 10.2. The molecule has 0 aliphatic rings.